The van der Waals surface area contributed by atoms with Gasteiger partial charge in [-0.25, -0.2) is 0 Å². The Morgan fingerprint density at radius 1 is 1.28 bits per heavy atom. The second-order valence-corrected chi connectivity index (χ2v) is 7.30. The number of carbonyl (C=O) groups is 1. The second-order valence-electron chi connectivity index (χ2n) is 5.88. The Morgan fingerprint density at radius 3 is 2.72 bits per heavy atom. The summed E-state index contributed by atoms with van der Waals surface area (Å²) in [4.78, 5) is 12.3. The van der Waals surface area contributed by atoms with Gasteiger partial charge in [-0.15, -0.1) is 11.8 Å². The summed E-state index contributed by atoms with van der Waals surface area (Å²) in [6, 6.07) is 13.8. The maximum atomic E-state index is 12.3. The van der Waals surface area contributed by atoms with Crippen LogP contribution in [0.4, 0.5) is 0 Å². The second kappa shape index (κ2) is 9.73. The molecule has 0 fully saturated rings. The van der Waals surface area contributed by atoms with Crippen molar-refractivity contribution in [3.05, 3.63) is 64.2 Å². The van der Waals surface area contributed by atoms with Crippen molar-refractivity contribution in [2.24, 2.45) is 0 Å². The number of nitrogens with one attached hydrogen (secondary N) is 1. The molecule has 1 N–H and O–H groups in total. The van der Waals surface area contributed by atoms with Crippen LogP contribution in [0.3, 0.4) is 0 Å². The highest BCUT2D eigenvalue weighted by atomic mass is 35.5. The van der Waals surface area contributed by atoms with Gasteiger partial charge in [-0.2, -0.15) is 0 Å². The first kappa shape index (κ1) is 19.7. The summed E-state index contributed by atoms with van der Waals surface area (Å²) in [5.41, 5.74) is 3.31. The van der Waals surface area contributed by atoms with Gasteiger partial charge in [-0.3, -0.25) is 4.79 Å². The van der Waals surface area contributed by atoms with Crippen LogP contribution >= 0.6 is 23.4 Å². The third-order valence-electron chi connectivity index (χ3n) is 3.96. The molecule has 25 heavy (non-hydrogen) atoms. The maximum Gasteiger partial charge on any atom is 0.230 e. The topological polar surface area (TPSA) is 38.3 Å². The molecular formula is C20H24ClNO2S. The molecule has 0 heterocycles. The molecule has 0 radical (unpaired) electrons. The largest absolute Gasteiger partial charge is 0.496 e. The summed E-state index contributed by atoms with van der Waals surface area (Å²) >= 11 is 7.57. The Labute approximate surface area is 159 Å². The van der Waals surface area contributed by atoms with E-state index in [-0.39, 0.29) is 11.9 Å². The van der Waals surface area contributed by atoms with Crippen molar-refractivity contribution in [1.29, 1.82) is 0 Å². The number of carbonyl (C=O) groups excluding carboxylic acids is 1. The van der Waals surface area contributed by atoms with Crippen molar-refractivity contribution in [3.63, 3.8) is 0 Å². The number of aryl methyl sites for hydroxylation is 1. The molecule has 0 aliphatic rings. The van der Waals surface area contributed by atoms with E-state index in [1.54, 1.807) is 18.9 Å². The Kier molecular flexibility index (Phi) is 7.66. The fourth-order valence-corrected chi connectivity index (χ4v) is 3.66. The minimum Gasteiger partial charge on any atom is -0.496 e. The molecule has 0 unspecified atom stereocenters. The van der Waals surface area contributed by atoms with Crippen LogP contribution < -0.4 is 10.1 Å². The SMILES string of the molecule is CC[C@@H](NC(=O)CSCc1cccc(Cl)c1)c1ccc(OC)c(C)c1. The average molecular weight is 378 g/mol. The van der Waals surface area contributed by atoms with Crippen molar-refractivity contribution in [3.8, 4) is 5.75 Å². The van der Waals surface area contributed by atoms with E-state index in [1.165, 1.54) is 0 Å². The normalized spacial score (nSPS) is 11.8. The number of thioether (sulfide) groups is 1. The fourth-order valence-electron chi connectivity index (χ4n) is 2.66. The highest BCUT2D eigenvalue weighted by Gasteiger charge is 2.14. The van der Waals surface area contributed by atoms with Crippen LogP contribution in [0.15, 0.2) is 42.5 Å². The minimum absolute atomic E-state index is 0.0175. The van der Waals surface area contributed by atoms with E-state index in [0.29, 0.717) is 5.75 Å². The first-order chi connectivity index (χ1) is 12.0. The number of amides is 1. The summed E-state index contributed by atoms with van der Waals surface area (Å²) < 4.78 is 5.30. The molecule has 0 bridgehead atoms. The smallest absolute Gasteiger partial charge is 0.230 e. The van der Waals surface area contributed by atoms with E-state index in [0.717, 1.165) is 39.6 Å². The zero-order valence-electron chi connectivity index (χ0n) is 14.8. The summed E-state index contributed by atoms with van der Waals surface area (Å²) in [6.45, 7) is 4.08. The zero-order valence-corrected chi connectivity index (χ0v) is 16.4. The van der Waals surface area contributed by atoms with E-state index in [4.69, 9.17) is 16.3 Å². The van der Waals surface area contributed by atoms with Crippen LogP contribution in [0, 0.1) is 6.92 Å². The number of hydrogen-bond acceptors (Lipinski definition) is 3. The Balaban J connectivity index is 1.88. The van der Waals surface area contributed by atoms with Crippen LogP contribution in [0.5, 0.6) is 5.75 Å². The molecular weight excluding hydrogens is 354 g/mol. The molecule has 0 saturated heterocycles. The molecule has 1 atom stereocenters. The van der Waals surface area contributed by atoms with Gasteiger partial charge in [0.25, 0.3) is 0 Å². The minimum atomic E-state index is 0.0175. The van der Waals surface area contributed by atoms with Crippen LogP contribution in [-0.2, 0) is 10.5 Å². The number of benzene rings is 2. The van der Waals surface area contributed by atoms with Crippen LogP contribution in [-0.4, -0.2) is 18.8 Å². The molecule has 134 valence electrons. The van der Waals surface area contributed by atoms with Gasteiger partial charge >= 0.3 is 0 Å². The lowest BCUT2D eigenvalue weighted by atomic mass is 10.0. The predicted molar refractivity (Wildman–Crippen MR) is 107 cm³/mol. The van der Waals surface area contributed by atoms with Gasteiger partial charge in [0, 0.05) is 10.8 Å². The summed E-state index contributed by atoms with van der Waals surface area (Å²) in [5, 5.41) is 3.84. The van der Waals surface area contributed by atoms with Crippen molar-refractivity contribution < 1.29 is 9.53 Å². The molecule has 1 amide bonds. The predicted octanol–water partition coefficient (Wildman–Crippen LogP) is 5.16. The summed E-state index contributed by atoms with van der Waals surface area (Å²) in [7, 11) is 1.66. The Morgan fingerprint density at radius 2 is 2.08 bits per heavy atom. The van der Waals surface area contributed by atoms with Gasteiger partial charge in [0.15, 0.2) is 0 Å². The van der Waals surface area contributed by atoms with Crippen molar-refractivity contribution in [1.82, 2.24) is 5.32 Å². The van der Waals surface area contributed by atoms with Gasteiger partial charge in [0.2, 0.25) is 5.91 Å². The third-order valence-corrected chi connectivity index (χ3v) is 5.19. The molecule has 0 spiro atoms. The van der Waals surface area contributed by atoms with E-state index in [9.17, 15) is 4.79 Å². The van der Waals surface area contributed by atoms with Gasteiger partial charge in [-0.1, -0.05) is 42.8 Å². The van der Waals surface area contributed by atoms with Gasteiger partial charge < -0.3 is 10.1 Å². The maximum absolute atomic E-state index is 12.3. The molecule has 0 saturated carbocycles. The Hall–Kier alpha value is -1.65. The molecule has 0 aliphatic heterocycles. The lowest BCUT2D eigenvalue weighted by Crippen LogP contribution is -2.29. The lowest BCUT2D eigenvalue weighted by molar-refractivity contribution is -0.119. The number of halogens is 1. The van der Waals surface area contributed by atoms with Crippen LogP contribution in [0.25, 0.3) is 0 Å². The molecule has 3 nitrogen and oxygen atoms in total. The highest BCUT2D eigenvalue weighted by Crippen LogP contribution is 2.24. The van der Waals surface area contributed by atoms with Crippen molar-refractivity contribution in [2.75, 3.05) is 12.9 Å². The monoisotopic (exact) mass is 377 g/mol. The summed E-state index contributed by atoms with van der Waals surface area (Å²) in [5.74, 6) is 2.11. The van der Waals surface area contributed by atoms with E-state index >= 15 is 0 Å². The van der Waals surface area contributed by atoms with E-state index < -0.39 is 0 Å². The third kappa shape index (κ3) is 5.98. The fraction of sp³-hybridized carbons (Fsp3) is 0.350. The summed E-state index contributed by atoms with van der Waals surface area (Å²) in [6.07, 6.45) is 0.844. The van der Waals surface area contributed by atoms with Gasteiger partial charge in [0.05, 0.1) is 18.9 Å². The molecule has 0 aliphatic carbocycles. The number of ether oxygens (including phenoxy) is 1. The first-order valence-electron chi connectivity index (χ1n) is 8.29. The molecule has 2 aromatic carbocycles. The number of hydrogen-bond donors (Lipinski definition) is 1. The quantitative estimate of drug-likeness (QED) is 0.690. The van der Waals surface area contributed by atoms with E-state index in [2.05, 4.69) is 18.3 Å². The zero-order chi connectivity index (χ0) is 18.2. The standard InChI is InChI=1S/C20H24ClNO2S/c1-4-18(16-8-9-19(24-3)14(2)10-16)22-20(23)13-25-12-15-6-5-7-17(21)11-15/h5-11,18H,4,12-13H2,1-3H3,(H,22,23)/t18-/m1/s1. The Bertz CT molecular complexity index is 721. The lowest BCUT2D eigenvalue weighted by Gasteiger charge is -2.19. The van der Waals surface area contributed by atoms with Crippen molar-refractivity contribution in [2.45, 2.75) is 32.1 Å². The number of rotatable bonds is 8. The van der Waals surface area contributed by atoms with Crippen LogP contribution in [0.1, 0.15) is 36.1 Å². The molecule has 2 rings (SSSR count). The molecule has 5 heteroatoms. The van der Waals surface area contributed by atoms with Gasteiger partial charge in [-0.05, 0) is 48.2 Å². The molecule has 2 aromatic rings. The van der Waals surface area contributed by atoms with Gasteiger partial charge in [0.1, 0.15) is 5.75 Å². The molecule has 0 aromatic heterocycles. The van der Waals surface area contributed by atoms with Crippen molar-refractivity contribution >= 4 is 29.3 Å². The number of methoxy groups -OCH3 is 1. The highest BCUT2D eigenvalue weighted by molar-refractivity contribution is 7.99. The van der Waals surface area contributed by atoms with Crippen LogP contribution in [0.2, 0.25) is 5.02 Å². The first-order valence-corrected chi connectivity index (χ1v) is 9.82. The average Bonchev–Trinajstić information content (AvgIpc) is 2.59. The van der Waals surface area contributed by atoms with E-state index in [1.807, 2.05) is 43.3 Å².